The van der Waals surface area contributed by atoms with Crippen LogP contribution < -0.4 is 0 Å². The Balaban J connectivity index is 2.39. The van der Waals surface area contributed by atoms with Crippen LogP contribution in [0.5, 0.6) is 0 Å². The third-order valence-electron chi connectivity index (χ3n) is 3.09. The molecule has 8 heteroatoms. The fourth-order valence-corrected chi connectivity index (χ4v) is 3.08. The quantitative estimate of drug-likeness (QED) is 0.403. The van der Waals surface area contributed by atoms with Crippen molar-refractivity contribution in [3.05, 3.63) is 64.2 Å². The van der Waals surface area contributed by atoms with E-state index in [1.165, 1.54) is 36.4 Å². The Labute approximate surface area is 126 Å². The van der Waals surface area contributed by atoms with E-state index in [9.17, 15) is 18.5 Å². The third-order valence-corrected chi connectivity index (χ3v) is 4.88. The Hall–Kier alpha value is -2.74. The number of rotatable bonds is 4. The molecule has 0 spiro atoms. The fraction of sp³-hybridized carbons (Fsp3) is 0.0714. The molecule has 2 aromatic carbocycles. The van der Waals surface area contributed by atoms with Crippen molar-refractivity contribution in [3.8, 4) is 0 Å². The highest BCUT2D eigenvalue weighted by atomic mass is 32.2. The van der Waals surface area contributed by atoms with Crippen molar-refractivity contribution in [2.24, 2.45) is 5.16 Å². The van der Waals surface area contributed by atoms with Crippen LogP contribution in [0, 0.1) is 10.1 Å². The van der Waals surface area contributed by atoms with E-state index < -0.39 is 14.8 Å². The van der Waals surface area contributed by atoms with E-state index in [4.69, 9.17) is 5.21 Å². The average Bonchev–Trinajstić information content (AvgIpc) is 2.54. The van der Waals surface area contributed by atoms with Gasteiger partial charge in [0.2, 0.25) is 9.84 Å². The molecule has 0 unspecified atom stereocenters. The summed E-state index contributed by atoms with van der Waals surface area (Å²) in [7, 11) is -3.76. The smallest absolute Gasteiger partial charge is 0.269 e. The molecule has 0 heterocycles. The van der Waals surface area contributed by atoms with Crippen LogP contribution in [0.2, 0.25) is 0 Å². The summed E-state index contributed by atoms with van der Waals surface area (Å²) >= 11 is 0. The third kappa shape index (κ3) is 2.96. The second-order valence-corrected chi connectivity index (χ2v) is 6.41. The first-order valence-electron chi connectivity index (χ1n) is 6.15. The van der Waals surface area contributed by atoms with Crippen molar-refractivity contribution >= 4 is 21.2 Å². The van der Waals surface area contributed by atoms with E-state index in [0.29, 0.717) is 11.3 Å². The SMILES string of the molecule is C/C(=N\O)c1ccc(S(=O)(=O)c2ccc([N+](=O)[O-])cc2)cc1. The van der Waals surface area contributed by atoms with Crippen molar-refractivity contribution in [2.75, 3.05) is 0 Å². The lowest BCUT2D eigenvalue weighted by Crippen LogP contribution is -2.03. The number of hydrogen-bond acceptors (Lipinski definition) is 6. The van der Waals surface area contributed by atoms with Gasteiger partial charge in [-0.05, 0) is 36.8 Å². The lowest BCUT2D eigenvalue weighted by Gasteiger charge is -2.05. The van der Waals surface area contributed by atoms with Crippen LogP contribution in [0.4, 0.5) is 5.69 Å². The van der Waals surface area contributed by atoms with Gasteiger partial charge in [-0.1, -0.05) is 17.3 Å². The van der Waals surface area contributed by atoms with Crippen molar-refractivity contribution in [1.82, 2.24) is 0 Å². The lowest BCUT2D eigenvalue weighted by molar-refractivity contribution is -0.384. The monoisotopic (exact) mass is 320 g/mol. The van der Waals surface area contributed by atoms with Crippen molar-refractivity contribution in [3.63, 3.8) is 0 Å². The van der Waals surface area contributed by atoms with Gasteiger partial charge in [-0.25, -0.2) is 8.42 Å². The van der Waals surface area contributed by atoms with Gasteiger partial charge in [0.15, 0.2) is 0 Å². The Kier molecular flexibility index (Phi) is 4.22. The summed E-state index contributed by atoms with van der Waals surface area (Å²) in [6.07, 6.45) is 0. The molecule has 114 valence electrons. The second kappa shape index (κ2) is 5.94. The zero-order valence-electron chi connectivity index (χ0n) is 11.5. The van der Waals surface area contributed by atoms with E-state index in [0.717, 1.165) is 12.1 Å². The number of nitro benzene ring substituents is 1. The molecule has 0 aromatic heterocycles. The first kappa shape index (κ1) is 15.6. The zero-order valence-corrected chi connectivity index (χ0v) is 12.3. The van der Waals surface area contributed by atoms with E-state index in [-0.39, 0.29) is 15.5 Å². The summed E-state index contributed by atoms with van der Waals surface area (Å²) in [5.41, 5.74) is 0.772. The van der Waals surface area contributed by atoms with Gasteiger partial charge in [0, 0.05) is 12.1 Å². The normalized spacial score (nSPS) is 12.1. The van der Waals surface area contributed by atoms with E-state index in [2.05, 4.69) is 5.16 Å². The Morgan fingerprint density at radius 3 is 1.91 bits per heavy atom. The maximum Gasteiger partial charge on any atom is 0.269 e. The van der Waals surface area contributed by atoms with Gasteiger partial charge in [0.25, 0.3) is 5.69 Å². The van der Waals surface area contributed by atoms with Gasteiger partial charge in [-0.3, -0.25) is 10.1 Å². The molecule has 0 bridgehead atoms. The van der Waals surface area contributed by atoms with Gasteiger partial charge in [0.05, 0.1) is 20.4 Å². The van der Waals surface area contributed by atoms with Crippen LogP contribution in [-0.4, -0.2) is 24.3 Å². The van der Waals surface area contributed by atoms with Crippen LogP contribution in [0.25, 0.3) is 0 Å². The maximum atomic E-state index is 12.4. The summed E-state index contributed by atoms with van der Waals surface area (Å²) in [6.45, 7) is 1.58. The van der Waals surface area contributed by atoms with Gasteiger partial charge < -0.3 is 5.21 Å². The van der Waals surface area contributed by atoms with Gasteiger partial charge >= 0.3 is 0 Å². The number of oxime groups is 1. The predicted molar refractivity (Wildman–Crippen MR) is 79.0 cm³/mol. The topological polar surface area (TPSA) is 110 Å². The minimum Gasteiger partial charge on any atom is -0.411 e. The minimum atomic E-state index is -3.76. The summed E-state index contributed by atoms with van der Waals surface area (Å²) in [6, 6.07) is 10.5. The van der Waals surface area contributed by atoms with E-state index >= 15 is 0 Å². The molecule has 2 rings (SSSR count). The molecule has 0 saturated carbocycles. The molecule has 7 nitrogen and oxygen atoms in total. The molecule has 0 aliphatic rings. The number of sulfone groups is 1. The molecule has 22 heavy (non-hydrogen) atoms. The number of benzene rings is 2. The van der Waals surface area contributed by atoms with Crippen LogP contribution in [0.3, 0.4) is 0 Å². The molecule has 0 saturated heterocycles. The minimum absolute atomic E-state index is 0.0293. The van der Waals surface area contributed by atoms with E-state index in [1.807, 2.05) is 0 Å². The van der Waals surface area contributed by atoms with Crippen LogP contribution in [-0.2, 0) is 9.84 Å². The first-order valence-corrected chi connectivity index (χ1v) is 7.63. The van der Waals surface area contributed by atoms with Crippen molar-refractivity contribution in [1.29, 1.82) is 0 Å². The average molecular weight is 320 g/mol. The summed E-state index contributed by atoms with van der Waals surface area (Å²) < 4.78 is 24.8. The Bertz CT molecular complexity index is 825. The van der Waals surface area contributed by atoms with E-state index in [1.54, 1.807) is 6.92 Å². The fourth-order valence-electron chi connectivity index (χ4n) is 1.82. The van der Waals surface area contributed by atoms with Crippen molar-refractivity contribution < 1.29 is 18.5 Å². The Morgan fingerprint density at radius 2 is 1.50 bits per heavy atom. The van der Waals surface area contributed by atoms with Gasteiger partial charge in [-0.2, -0.15) is 0 Å². The lowest BCUT2D eigenvalue weighted by atomic mass is 10.1. The molecule has 0 fully saturated rings. The second-order valence-electron chi connectivity index (χ2n) is 4.46. The standard InChI is InChI=1S/C14H12N2O5S/c1-10(15-17)11-2-6-13(7-3-11)22(20,21)14-8-4-12(5-9-14)16(18)19/h2-9,17H,1H3/b15-10+. The molecule has 0 aliphatic carbocycles. The highest BCUT2D eigenvalue weighted by Gasteiger charge is 2.18. The molecule has 0 amide bonds. The number of nitrogens with zero attached hydrogens (tertiary/aromatic N) is 2. The van der Waals surface area contributed by atoms with Gasteiger partial charge in [0.1, 0.15) is 0 Å². The molecule has 0 atom stereocenters. The number of non-ortho nitro benzene ring substituents is 1. The highest BCUT2D eigenvalue weighted by Crippen LogP contribution is 2.23. The van der Waals surface area contributed by atoms with Gasteiger partial charge in [-0.15, -0.1) is 0 Å². The maximum absolute atomic E-state index is 12.4. The van der Waals surface area contributed by atoms with Crippen LogP contribution in [0.1, 0.15) is 12.5 Å². The Morgan fingerprint density at radius 1 is 1.05 bits per heavy atom. The molecule has 1 N–H and O–H groups in total. The van der Waals surface area contributed by atoms with Crippen molar-refractivity contribution in [2.45, 2.75) is 16.7 Å². The van der Waals surface area contributed by atoms with Crippen LogP contribution >= 0.6 is 0 Å². The number of hydrogen-bond donors (Lipinski definition) is 1. The molecule has 0 radical (unpaired) electrons. The largest absolute Gasteiger partial charge is 0.411 e. The molecule has 2 aromatic rings. The zero-order chi connectivity index (χ0) is 16.3. The predicted octanol–water partition coefficient (Wildman–Crippen LogP) is 2.63. The summed E-state index contributed by atoms with van der Waals surface area (Å²) in [5, 5.41) is 22.3. The molecular weight excluding hydrogens is 308 g/mol. The molecular formula is C14H12N2O5S. The number of nitro groups is 1. The highest BCUT2D eigenvalue weighted by molar-refractivity contribution is 7.91. The molecule has 0 aliphatic heterocycles. The summed E-state index contributed by atoms with van der Waals surface area (Å²) in [4.78, 5) is 10.0. The first-order chi connectivity index (χ1) is 10.4. The summed E-state index contributed by atoms with van der Waals surface area (Å²) in [5.74, 6) is 0. The van der Waals surface area contributed by atoms with Crippen LogP contribution in [0.15, 0.2) is 63.5 Å².